The Hall–Kier alpha value is -1.45. The third-order valence-electron chi connectivity index (χ3n) is 6.89. The van der Waals surface area contributed by atoms with Gasteiger partial charge in [-0.15, -0.1) is 0 Å². The van der Waals surface area contributed by atoms with Crippen molar-refractivity contribution >= 4 is 5.78 Å². The minimum Gasteiger partial charge on any atom is -0.491 e. The second kappa shape index (κ2) is 9.16. The highest BCUT2D eigenvalue weighted by Crippen LogP contribution is 2.42. The number of ketones is 1. The maximum Gasteiger partial charge on any atom is 0.201 e. The second-order valence-electron chi connectivity index (χ2n) is 8.34. The molecule has 0 aromatic heterocycles. The zero-order chi connectivity index (χ0) is 19.4. The molecule has 0 bridgehead atoms. The molecule has 0 atom stereocenters. The molecular weight excluding hydrogens is 346 g/mol. The lowest BCUT2D eigenvalue weighted by molar-refractivity contribution is 0.0824. The number of hydrogen-bond donors (Lipinski definition) is 0. The van der Waals surface area contributed by atoms with Crippen LogP contribution in [-0.2, 0) is 0 Å². The number of benzene rings is 1. The number of hydrogen-bond acceptors (Lipinski definition) is 2. The van der Waals surface area contributed by atoms with E-state index in [4.69, 9.17) is 4.74 Å². The average Bonchev–Trinajstić information content (AvgIpc) is 2.71. The van der Waals surface area contributed by atoms with Gasteiger partial charge in [0.05, 0.1) is 12.2 Å². The molecule has 2 fully saturated rings. The summed E-state index contributed by atoms with van der Waals surface area (Å²) in [6.07, 6.45) is 10.3. The van der Waals surface area contributed by atoms with Crippen LogP contribution in [0.1, 0.15) is 82.0 Å². The summed E-state index contributed by atoms with van der Waals surface area (Å²) >= 11 is 0. The van der Waals surface area contributed by atoms with E-state index in [-0.39, 0.29) is 29.6 Å². The Kier molecular flexibility index (Phi) is 6.88. The SMILES string of the molecule is CCOc1ccc(C(=O)C2CCC(C3CCC(CC)CC3)CC2)c(F)c1F. The van der Waals surface area contributed by atoms with Gasteiger partial charge in [-0.2, -0.15) is 4.39 Å². The summed E-state index contributed by atoms with van der Waals surface area (Å²) in [4.78, 5) is 12.8. The Morgan fingerprint density at radius 2 is 1.52 bits per heavy atom. The summed E-state index contributed by atoms with van der Waals surface area (Å²) in [5.41, 5.74) is -0.122. The van der Waals surface area contributed by atoms with Crippen molar-refractivity contribution in [3.8, 4) is 5.75 Å². The maximum absolute atomic E-state index is 14.4. The number of rotatable bonds is 6. The van der Waals surface area contributed by atoms with Crippen LogP contribution < -0.4 is 4.74 Å². The number of ether oxygens (including phenoxy) is 1. The van der Waals surface area contributed by atoms with Gasteiger partial charge in [-0.05, 0) is 75.3 Å². The molecule has 2 aliphatic rings. The van der Waals surface area contributed by atoms with Crippen molar-refractivity contribution < 1.29 is 18.3 Å². The number of carbonyl (C=O) groups is 1. The molecule has 0 amide bonds. The van der Waals surface area contributed by atoms with Gasteiger partial charge in [0.25, 0.3) is 0 Å². The smallest absolute Gasteiger partial charge is 0.201 e. The second-order valence-corrected chi connectivity index (χ2v) is 8.34. The number of Topliss-reactive ketones (excluding diaryl/α,β-unsaturated/α-hetero) is 1. The molecule has 2 saturated carbocycles. The minimum atomic E-state index is -1.06. The molecule has 0 radical (unpaired) electrons. The van der Waals surface area contributed by atoms with Gasteiger partial charge in [-0.3, -0.25) is 4.79 Å². The summed E-state index contributed by atoms with van der Waals surface area (Å²) < 4.78 is 33.5. The third kappa shape index (κ3) is 4.52. The van der Waals surface area contributed by atoms with Gasteiger partial charge in [0, 0.05) is 5.92 Å². The quantitative estimate of drug-likeness (QED) is 0.523. The van der Waals surface area contributed by atoms with E-state index < -0.39 is 11.6 Å². The largest absolute Gasteiger partial charge is 0.491 e. The molecule has 2 aliphatic carbocycles. The zero-order valence-corrected chi connectivity index (χ0v) is 16.6. The molecule has 0 aliphatic heterocycles. The van der Waals surface area contributed by atoms with Crippen LogP contribution in [-0.4, -0.2) is 12.4 Å². The van der Waals surface area contributed by atoms with Crippen LogP contribution in [0.4, 0.5) is 8.78 Å². The van der Waals surface area contributed by atoms with E-state index in [1.807, 2.05) is 0 Å². The van der Waals surface area contributed by atoms with Crippen molar-refractivity contribution in [2.75, 3.05) is 6.61 Å². The summed E-state index contributed by atoms with van der Waals surface area (Å²) in [7, 11) is 0. The van der Waals surface area contributed by atoms with Crippen LogP contribution in [0.2, 0.25) is 0 Å². The molecule has 3 rings (SSSR count). The van der Waals surface area contributed by atoms with Gasteiger partial charge >= 0.3 is 0 Å². The maximum atomic E-state index is 14.4. The zero-order valence-electron chi connectivity index (χ0n) is 16.6. The lowest BCUT2D eigenvalue weighted by Crippen LogP contribution is -2.28. The first-order valence-electron chi connectivity index (χ1n) is 10.7. The van der Waals surface area contributed by atoms with E-state index in [2.05, 4.69) is 6.92 Å². The predicted octanol–water partition coefficient (Wildman–Crippen LogP) is 6.57. The van der Waals surface area contributed by atoms with Crippen molar-refractivity contribution in [2.24, 2.45) is 23.7 Å². The highest BCUT2D eigenvalue weighted by atomic mass is 19.2. The van der Waals surface area contributed by atoms with Crippen molar-refractivity contribution in [1.29, 1.82) is 0 Å². The lowest BCUT2D eigenvalue weighted by atomic mass is 9.68. The van der Waals surface area contributed by atoms with Crippen molar-refractivity contribution in [3.63, 3.8) is 0 Å². The van der Waals surface area contributed by atoms with Crippen LogP contribution in [0.5, 0.6) is 5.75 Å². The molecule has 0 spiro atoms. The molecule has 0 saturated heterocycles. The minimum absolute atomic E-state index is 0.122. The van der Waals surface area contributed by atoms with E-state index in [1.165, 1.54) is 44.2 Å². The molecular formula is C23H32F2O2. The monoisotopic (exact) mass is 378 g/mol. The molecule has 1 aromatic carbocycles. The first-order valence-corrected chi connectivity index (χ1v) is 10.7. The van der Waals surface area contributed by atoms with E-state index in [0.29, 0.717) is 5.92 Å². The lowest BCUT2D eigenvalue weighted by Gasteiger charge is -2.37. The van der Waals surface area contributed by atoms with E-state index in [0.717, 1.165) is 37.5 Å². The highest BCUT2D eigenvalue weighted by molar-refractivity contribution is 5.98. The first kappa shape index (κ1) is 20.3. The van der Waals surface area contributed by atoms with Crippen LogP contribution in [0, 0.1) is 35.3 Å². The van der Waals surface area contributed by atoms with Gasteiger partial charge in [-0.25, -0.2) is 4.39 Å². The van der Waals surface area contributed by atoms with Gasteiger partial charge in [0.1, 0.15) is 0 Å². The van der Waals surface area contributed by atoms with Crippen molar-refractivity contribution in [1.82, 2.24) is 0 Å². The predicted molar refractivity (Wildman–Crippen MR) is 103 cm³/mol. The summed E-state index contributed by atoms with van der Waals surface area (Å²) in [5.74, 6) is -0.274. The summed E-state index contributed by atoms with van der Waals surface area (Å²) in [5, 5.41) is 0. The number of halogens is 2. The topological polar surface area (TPSA) is 26.3 Å². The Morgan fingerprint density at radius 3 is 2.07 bits per heavy atom. The van der Waals surface area contributed by atoms with Gasteiger partial charge < -0.3 is 4.74 Å². The normalized spacial score (nSPS) is 28.7. The fourth-order valence-electron chi connectivity index (χ4n) is 5.13. The molecule has 1 aromatic rings. The molecule has 4 heteroatoms. The van der Waals surface area contributed by atoms with Crippen molar-refractivity contribution in [3.05, 3.63) is 29.3 Å². The summed E-state index contributed by atoms with van der Waals surface area (Å²) in [6, 6.07) is 2.75. The van der Waals surface area contributed by atoms with Gasteiger partial charge in [0.15, 0.2) is 17.3 Å². The fraction of sp³-hybridized carbons (Fsp3) is 0.696. The van der Waals surface area contributed by atoms with Crippen LogP contribution in [0.3, 0.4) is 0 Å². The Balaban J connectivity index is 1.58. The van der Waals surface area contributed by atoms with E-state index >= 15 is 0 Å². The van der Waals surface area contributed by atoms with Crippen LogP contribution in [0.15, 0.2) is 12.1 Å². The Morgan fingerprint density at radius 1 is 0.926 bits per heavy atom. The molecule has 0 N–H and O–H groups in total. The standard InChI is InChI=1S/C23H32F2O2/c1-3-15-5-7-16(8-6-15)17-9-11-18(12-10-17)23(26)19-13-14-20(27-4-2)22(25)21(19)24/h13-18H,3-12H2,1-2H3. The Labute approximate surface area is 161 Å². The third-order valence-corrected chi connectivity index (χ3v) is 6.89. The van der Waals surface area contributed by atoms with Crippen molar-refractivity contribution in [2.45, 2.75) is 71.6 Å². The van der Waals surface area contributed by atoms with Crippen LogP contribution >= 0.6 is 0 Å². The van der Waals surface area contributed by atoms with Gasteiger partial charge in [-0.1, -0.05) is 26.2 Å². The molecule has 0 heterocycles. The molecule has 2 nitrogen and oxygen atoms in total. The molecule has 150 valence electrons. The van der Waals surface area contributed by atoms with E-state index in [9.17, 15) is 13.6 Å². The highest BCUT2D eigenvalue weighted by Gasteiger charge is 2.34. The molecule has 0 unspecified atom stereocenters. The Bertz CT molecular complexity index is 642. The fourth-order valence-corrected chi connectivity index (χ4v) is 5.13. The van der Waals surface area contributed by atoms with E-state index in [1.54, 1.807) is 6.92 Å². The summed E-state index contributed by atoms with van der Waals surface area (Å²) in [6.45, 7) is 4.25. The van der Waals surface area contributed by atoms with Crippen LogP contribution in [0.25, 0.3) is 0 Å². The first-order chi connectivity index (χ1) is 13.0. The molecule has 27 heavy (non-hydrogen) atoms. The average molecular weight is 379 g/mol. The number of carbonyl (C=O) groups excluding carboxylic acids is 1. The van der Waals surface area contributed by atoms with Gasteiger partial charge in [0.2, 0.25) is 5.82 Å².